The molecule has 92 valence electrons. The van der Waals surface area contributed by atoms with E-state index in [0.29, 0.717) is 12.1 Å². The molecule has 18 heavy (non-hydrogen) atoms. The maximum absolute atomic E-state index is 11.3. The van der Waals surface area contributed by atoms with Gasteiger partial charge in [0.25, 0.3) is 0 Å². The van der Waals surface area contributed by atoms with Crippen molar-refractivity contribution in [1.29, 1.82) is 0 Å². The van der Waals surface area contributed by atoms with Crippen LogP contribution in [0.2, 0.25) is 0 Å². The van der Waals surface area contributed by atoms with Crippen LogP contribution in [0.25, 0.3) is 0 Å². The summed E-state index contributed by atoms with van der Waals surface area (Å²) in [6.07, 6.45) is 0. The summed E-state index contributed by atoms with van der Waals surface area (Å²) < 4.78 is 0. The van der Waals surface area contributed by atoms with Crippen molar-refractivity contribution in [2.75, 3.05) is 5.32 Å². The smallest absolute Gasteiger partial charge is 0.249 e. The predicted octanol–water partition coefficient (Wildman–Crippen LogP) is 2.71. The molecule has 0 aliphatic carbocycles. The van der Waals surface area contributed by atoms with Crippen molar-refractivity contribution in [2.45, 2.75) is 13.5 Å². The van der Waals surface area contributed by atoms with Gasteiger partial charge >= 0.3 is 0 Å². The maximum Gasteiger partial charge on any atom is 0.249 e. The molecular weight excluding hydrogens is 224 g/mol. The van der Waals surface area contributed by atoms with Crippen LogP contribution < -0.4 is 11.1 Å². The number of amides is 1. The van der Waals surface area contributed by atoms with Gasteiger partial charge in [0.2, 0.25) is 5.91 Å². The second kappa shape index (κ2) is 5.36. The van der Waals surface area contributed by atoms with E-state index in [1.165, 1.54) is 5.56 Å². The van der Waals surface area contributed by atoms with Crippen molar-refractivity contribution in [3.05, 3.63) is 65.2 Å². The number of aryl methyl sites for hydroxylation is 1. The lowest BCUT2D eigenvalue weighted by Crippen LogP contribution is -2.15. The lowest BCUT2D eigenvalue weighted by atomic mass is 10.1. The van der Waals surface area contributed by atoms with E-state index in [-0.39, 0.29) is 0 Å². The zero-order valence-electron chi connectivity index (χ0n) is 10.3. The molecule has 0 saturated heterocycles. The van der Waals surface area contributed by atoms with E-state index in [2.05, 4.69) is 11.4 Å². The Kier molecular flexibility index (Phi) is 3.63. The van der Waals surface area contributed by atoms with Gasteiger partial charge in [-0.25, -0.2) is 0 Å². The van der Waals surface area contributed by atoms with E-state index in [1.54, 1.807) is 6.07 Å². The topological polar surface area (TPSA) is 55.1 Å². The van der Waals surface area contributed by atoms with Crippen molar-refractivity contribution in [3.8, 4) is 0 Å². The van der Waals surface area contributed by atoms with Crippen molar-refractivity contribution in [3.63, 3.8) is 0 Å². The Hall–Kier alpha value is -2.29. The second-order valence-electron chi connectivity index (χ2n) is 4.24. The number of rotatable bonds is 4. The minimum Gasteiger partial charge on any atom is -0.381 e. The van der Waals surface area contributed by atoms with Crippen molar-refractivity contribution in [2.24, 2.45) is 5.73 Å². The number of carbonyl (C=O) groups excluding carboxylic acids is 1. The highest BCUT2D eigenvalue weighted by atomic mass is 16.1. The van der Waals surface area contributed by atoms with Gasteiger partial charge < -0.3 is 11.1 Å². The van der Waals surface area contributed by atoms with Crippen molar-refractivity contribution in [1.82, 2.24) is 0 Å². The summed E-state index contributed by atoms with van der Waals surface area (Å²) in [6.45, 7) is 2.63. The van der Waals surface area contributed by atoms with Gasteiger partial charge in [-0.3, -0.25) is 4.79 Å². The van der Waals surface area contributed by atoms with Gasteiger partial charge in [-0.05, 0) is 36.2 Å². The fourth-order valence-electron chi connectivity index (χ4n) is 1.87. The van der Waals surface area contributed by atoms with Crippen LogP contribution in [0.15, 0.2) is 48.5 Å². The second-order valence-corrected chi connectivity index (χ2v) is 4.24. The minimum atomic E-state index is -0.392. The largest absolute Gasteiger partial charge is 0.381 e. The van der Waals surface area contributed by atoms with Crippen LogP contribution in [0.3, 0.4) is 0 Å². The minimum absolute atomic E-state index is 0.392. The molecule has 3 nitrogen and oxygen atoms in total. The lowest BCUT2D eigenvalue weighted by Gasteiger charge is -2.09. The Labute approximate surface area is 107 Å². The third kappa shape index (κ3) is 2.88. The standard InChI is InChI=1S/C15H16N2O/c1-11-5-4-7-13(9-11)17-10-12-6-2-3-8-14(12)15(16)18/h2-9,17H,10H2,1H3,(H2,16,18). The molecule has 0 aromatic heterocycles. The number of benzene rings is 2. The zero-order valence-corrected chi connectivity index (χ0v) is 10.3. The average Bonchev–Trinajstić information content (AvgIpc) is 2.37. The average molecular weight is 240 g/mol. The molecule has 3 N–H and O–H groups in total. The summed E-state index contributed by atoms with van der Waals surface area (Å²) in [5.41, 5.74) is 9.05. The summed E-state index contributed by atoms with van der Waals surface area (Å²) in [5.74, 6) is -0.392. The number of hydrogen-bond acceptors (Lipinski definition) is 2. The first-order valence-corrected chi connectivity index (χ1v) is 5.85. The van der Waals surface area contributed by atoms with E-state index in [1.807, 2.05) is 43.3 Å². The summed E-state index contributed by atoms with van der Waals surface area (Å²) in [5, 5.41) is 3.29. The Balaban J connectivity index is 2.13. The summed E-state index contributed by atoms with van der Waals surface area (Å²) in [4.78, 5) is 11.3. The Morgan fingerprint density at radius 3 is 2.67 bits per heavy atom. The van der Waals surface area contributed by atoms with Crippen LogP contribution in [-0.2, 0) is 6.54 Å². The molecule has 3 heteroatoms. The normalized spacial score (nSPS) is 10.1. The fourth-order valence-corrected chi connectivity index (χ4v) is 1.87. The number of carbonyl (C=O) groups is 1. The third-order valence-corrected chi connectivity index (χ3v) is 2.78. The molecule has 0 radical (unpaired) electrons. The zero-order chi connectivity index (χ0) is 13.0. The molecule has 0 unspecified atom stereocenters. The first-order valence-electron chi connectivity index (χ1n) is 5.85. The van der Waals surface area contributed by atoms with Gasteiger partial charge in [-0.15, -0.1) is 0 Å². The monoisotopic (exact) mass is 240 g/mol. The molecule has 2 aromatic rings. The van der Waals surface area contributed by atoms with Crippen LogP contribution in [0.5, 0.6) is 0 Å². The first kappa shape index (κ1) is 12.2. The van der Waals surface area contributed by atoms with Crippen LogP contribution in [0.1, 0.15) is 21.5 Å². The van der Waals surface area contributed by atoms with Crippen molar-refractivity contribution >= 4 is 11.6 Å². The SMILES string of the molecule is Cc1cccc(NCc2ccccc2C(N)=O)c1. The first-order chi connectivity index (χ1) is 8.66. The maximum atomic E-state index is 11.3. The van der Waals surface area contributed by atoms with Crippen LogP contribution in [0.4, 0.5) is 5.69 Å². The highest BCUT2D eigenvalue weighted by Gasteiger charge is 2.06. The van der Waals surface area contributed by atoms with Gasteiger partial charge in [0.1, 0.15) is 0 Å². The van der Waals surface area contributed by atoms with E-state index >= 15 is 0 Å². The molecule has 0 heterocycles. The van der Waals surface area contributed by atoms with Gasteiger partial charge in [-0.1, -0.05) is 30.3 Å². The number of anilines is 1. The Morgan fingerprint density at radius 2 is 1.94 bits per heavy atom. The highest BCUT2D eigenvalue weighted by molar-refractivity contribution is 5.94. The molecule has 0 saturated carbocycles. The van der Waals surface area contributed by atoms with Gasteiger partial charge in [-0.2, -0.15) is 0 Å². The van der Waals surface area contributed by atoms with Gasteiger partial charge in [0.15, 0.2) is 0 Å². The molecule has 2 aromatic carbocycles. The number of nitrogens with two attached hydrogens (primary N) is 1. The Bertz CT molecular complexity index is 564. The van der Waals surface area contributed by atoms with E-state index in [4.69, 9.17) is 5.73 Å². The molecule has 0 spiro atoms. The van der Waals surface area contributed by atoms with E-state index in [0.717, 1.165) is 11.3 Å². The van der Waals surface area contributed by atoms with E-state index < -0.39 is 5.91 Å². The Morgan fingerprint density at radius 1 is 1.17 bits per heavy atom. The molecule has 0 fully saturated rings. The molecular formula is C15H16N2O. The number of hydrogen-bond donors (Lipinski definition) is 2. The molecule has 0 atom stereocenters. The van der Waals surface area contributed by atoms with Crippen LogP contribution >= 0.6 is 0 Å². The molecule has 0 aliphatic heterocycles. The third-order valence-electron chi connectivity index (χ3n) is 2.78. The van der Waals surface area contributed by atoms with E-state index in [9.17, 15) is 4.79 Å². The van der Waals surface area contributed by atoms with Crippen molar-refractivity contribution < 1.29 is 4.79 Å². The molecule has 2 rings (SSSR count). The van der Waals surface area contributed by atoms with Crippen LogP contribution in [-0.4, -0.2) is 5.91 Å². The number of nitrogens with one attached hydrogen (secondary N) is 1. The van der Waals surface area contributed by atoms with Gasteiger partial charge in [0.05, 0.1) is 0 Å². The summed E-state index contributed by atoms with van der Waals surface area (Å²) in [6, 6.07) is 15.5. The summed E-state index contributed by atoms with van der Waals surface area (Å²) in [7, 11) is 0. The fraction of sp³-hybridized carbons (Fsp3) is 0.133. The van der Waals surface area contributed by atoms with Crippen LogP contribution in [0, 0.1) is 6.92 Å². The number of primary amides is 1. The molecule has 0 bridgehead atoms. The quantitative estimate of drug-likeness (QED) is 0.863. The molecule has 0 aliphatic rings. The highest BCUT2D eigenvalue weighted by Crippen LogP contribution is 2.13. The predicted molar refractivity (Wildman–Crippen MR) is 73.5 cm³/mol. The summed E-state index contributed by atoms with van der Waals surface area (Å²) >= 11 is 0. The van der Waals surface area contributed by atoms with Gasteiger partial charge in [0, 0.05) is 17.8 Å². The lowest BCUT2D eigenvalue weighted by molar-refractivity contribution is 0.0999. The molecule has 1 amide bonds.